The van der Waals surface area contributed by atoms with Crippen molar-refractivity contribution in [3.8, 4) is 0 Å². The summed E-state index contributed by atoms with van der Waals surface area (Å²) < 4.78 is 1.80. The third kappa shape index (κ3) is 2.13. The number of carboxylic acids is 1. The Morgan fingerprint density at radius 1 is 1.32 bits per heavy atom. The van der Waals surface area contributed by atoms with Gasteiger partial charge in [-0.15, -0.1) is 0 Å². The minimum Gasteiger partial charge on any atom is -0.480 e. The van der Waals surface area contributed by atoms with E-state index in [4.69, 9.17) is 0 Å². The second-order valence-electron chi connectivity index (χ2n) is 5.41. The zero-order valence-electron chi connectivity index (χ0n) is 11.6. The van der Waals surface area contributed by atoms with Gasteiger partial charge in [-0.3, -0.25) is 4.79 Å². The van der Waals surface area contributed by atoms with Gasteiger partial charge in [-0.2, -0.15) is 0 Å². The second-order valence-corrected chi connectivity index (χ2v) is 5.41. The van der Waals surface area contributed by atoms with Crippen LogP contribution in [-0.4, -0.2) is 38.5 Å². The van der Waals surface area contributed by atoms with Crippen LogP contribution in [0.2, 0.25) is 0 Å². The van der Waals surface area contributed by atoms with Crippen molar-refractivity contribution in [3.05, 3.63) is 23.5 Å². The molecule has 0 aliphatic carbocycles. The molecule has 5 nitrogen and oxygen atoms in total. The standard InChI is InChI=1S/C14H20N2O3/c1-10-6-7-11(15(10)3)12(17)16-9-5-4-8-14(16,2)13(18)19/h6-7H,4-5,8-9H2,1-3H3,(H,18,19). The molecule has 2 rings (SSSR count). The third-order valence-corrected chi connectivity index (χ3v) is 4.19. The lowest BCUT2D eigenvalue weighted by atomic mass is 9.88. The van der Waals surface area contributed by atoms with Gasteiger partial charge in [0.25, 0.3) is 5.91 Å². The van der Waals surface area contributed by atoms with E-state index in [0.29, 0.717) is 18.7 Å². The molecule has 1 aliphatic heterocycles. The van der Waals surface area contributed by atoms with Crippen molar-refractivity contribution in [1.29, 1.82) is 0 Å². The molecule has 1 aromatic rings. The van der Waals surface area contributed by atoms with E-state index in [1.165, 1.54) is 4.90 Å². The van der Waals surface area contributed by atoms with Gasteiger partial charge in [-0.05, 0) is 45.2 Å². The van der Waals surface area contributed by atoms with E-state index < -0.39 is 11.5 Å². The number of carbonyl (C=O) groups is 2. The highest BCUT2D eigenvalue weighted by Crippen LogP contribution is 2.30. The van der Waals surface area contributed by atoms with E-state index in [9.17, 15) is 14.7 Å². The van der Waals surface area contributed by atoms with Crippen molar-refractivity contribution in [2.45, 2.75) is 38.6 Å². The number of nitrogens with zero attached hydrogens (tertiary/aromatic N) is 2. The Kier molecular flexibility index (Phi) is 3.39. The van der Waals surface area contributed by atoms with Gasteiger partial charge in [-0.25, -0.2) is 4.79 Å². The van der Waals surface area contributed by atoms with Crippen LogP contribution in [0.3, 0.4) is 0 Å². The maximum atomic E-state index is 12.6. The lowest BCUT2D eigenvalue weighted by molar-refractivity contribution is -0.150. The third-order valence-electron chi connectivity index (χ3n) is 4.19. The van der Waals surface area contributed by atoms with Gasteiger partial charge in [-0.1, -0.05) is 0 Å². The number of carbonyl (C=O) groups excluding carboxylic acids is 1. The molecule has 19 heavy (non-hydrogen) atoms. The van der Waals surface area contributed by atoms with Crippen LogP contribution in [0.25, 0.3) is 0 Å². The van der Waals surface area contributed by atoms with Crippen LogP contribution >= 0.6 is 0 Å². The van der Waals surface area contributed by atoms with E-state index in [2.05, 4.69) is 0 Å². The summed E-state index contributed by atoms with van der Waals surface area (Å²) in [6.45, 7) is 4.07. The zero-order valence-corrected chi connectivity index (χ0v) is 11.6. The average Bonchev–Trinajstić information content (AvgIpc) is 2.70. The van der Waals surface area contributed by atoms with Gasteiger partial charge in [0.15, 0.2) is 0 Å². The number of likely N-dealkylation sites (tertiary alicyclic amines) is 1. The summed E-state index contributed by atoms with van der Waals surface area (Å²) in [5, 5.41) is 9.44. The Hall–Kier alpha value is -1.78. The summed E-state index contributed by atoms with van der Waals surface area (Å²) in [6, 6.07) is 3.63. The number of rotatable bonds is 2. The summed E-state index contributed by atoms with van der Waals surface area (Å²) in [7, 11) is 1.82. The normalized spacial score (nSPS) is 23.4. The Labute approximate surface area is 112 Å². The topological polar surface area (TPSA) is 62.5 Å². The van der Waals surface area contributed by atoms with Gasteiger partial charge >= 0.3 is 5.97 Å². The number of carboxylic acid groups (broad SMARTS) is 1. The Morgan fingerprint density at radius 2 is 2.00 bits per heavy atom. The van der Waals surface area contributed by atoms with Crippen LogP contribution < -0.4 is 0 Å². The minimum atomic E-state index is -1.09. The van der Waals surface area contributed by atoms with Crippen LogP contribution in [0.15, 0.2) is 12.1 Å². The number of aryl methyl sites for hydroxylation is 1. The second kappa shape index (κ2) is 4.72. The molecule has 1 aliphatic rings. The van der Waals surface area contributed by atoms with Gasteiger partial charge in [0.1, 0.15) is 11.2 Å². The summed E-state index contributed by atoms with van der Waals surface area (Å²) in [4.78, 5) is 25.6. The molecule has 1 N–H and O–H groups in total. The fourth-order valence-electron chi connectivity index (χ4n) is 2.64. The molecule has 0 spiro atoms. The Balaban J connectivity index is 2.36. The van der Waals surface area contributed by atoms with Crippen molar-refractivity contribution in [1.82, 2.24) is 9.47 Å². The summed E-state index contributed by atoms with van der Waals surface area (Å²) in [5.41, 5.74) is 0.442. The minimum absolute atomic E-state index is 0.194. The molecule has 1 unspecified atom stereocenters. The first-order chi connectivity index (χ1) is 8.88. The van der Waals surface area contributed by atoms with Crippen molar-refractivity contribution in [2.75, 3.05) is 6.54 Å². The maximum Gasteiger partial charge on any atom is 0.329 e. The highest BCUT2D eigenvalue weighted by atomic mass is 16.4. The van der Waals surface area contributed by atoms with E-state index in [-0.39, 0.29) is 5.91 Å². The van der Waals surface area contributed by atoms with E-state index in [1.807, 2.05) is 20.0 Å². The Bertz CT molecular complexity index is 521. The van der Waals surface area contributed by atoms with Crippen LogP contribution in [0, 0.1) is 6.92 Å². The summed E-state index contributed by atoms with van der Waals surface area (Å²) >= 11 is 0. The lowest BCUT2D eigenvalue weighted by Gasteiger charge is -2.41. The van der Waals surface area contributed by atoms with Crippen molar-refractivity contribution in [2.24, 2.45) is 7.05 Å². The predicted octanol–water partition coefficient (Wildman–Crippen LogP) is 1.80. The molecule has 1 aromatic heterocycles. The number of amides is 1. The van der Waals surface area contributed by atoms with Gasteiger partial charge in [0.05, 0.1) is 0 Å². The van der Waals surface area contributed by atoms with E-state index in [1.54, 1.807) is 17.6 Å². The fourth-order valence-corrected chi connectivity index (χ4v) is 2.64. The number of aliphatic carboxylic acids is 1. The molecule has 0 saturated carbocycles. The molecule has 0 radical (unpaired) electrons. The highest BCUT2D eigenvalue weighted by Gasteiger charge is 2.44. The van der Waals surface area contributed by atoms with Crippen molar-refractivity contribution < 1.29 is 14.7 Å². The molecule has 1 saturated heterocycles. The lowest BCUT2D eigenvalue weighted by Crippen LogP contribution is -2.57. The molecule has 1 atom stereocenters. The highest BCUT2D eigenvalue weighted by molar-refractivity contribution is 5.97. The van der Waals surface area contributed by atoms with Crippen LogP contribution in [-0.2, 0) is 11.8 Å². The average molecular weight is 264 g/mol. The zero-order chi connectivity index (χ0) is 14.2. The number of aromatic nitrogens is 1. The number of hydrogen-bond donors (Lipinski definition) is 1. The van der Waals surface area contributed by atoms with Gasteiger partial charge in [0, 0.05) is 19.3 Å². The molecule has 104 valence electrons. The quantitative estimate of drug-likeness (QED) is 0.886. The smallest absolute Gasteiger partial charge is 0.329 e. The maximum absolute atomic E-state index is 12.6. The summed E-state index contributed by atoms with van der Waals surface area (Å²) in [6.07, 6.45) is 2.22. The van der Waals surface area contributed by atoms with Crippen LogP contribution in [0.1, 0.15) is 42.4 Å². The van der Waals surface area contributed by atoms with Gasteiger partial charge in [0.2, 0.25) is 0 Å². The van der Waals surface area contributed by atoms with Crippen LogP contribution in [0.4, 0.5) is 0 Å². The molecular formula is C14H20N2O3. The van der Waals surface area contributed by atoms with Gasteiger partial charge < -0.3 is 14.6 Å². The largest absolute Gasteiger partial charge is 0.480 e. The number of piperidine rings is 1. The van der Waals surface area contributed by atoms with Crippen molar-refractivity contribution >= 4 is 11.9 Å². The monoisotopic (exact) mass is 264 g/mol. The molecule has 5 heteroatoms. The SMILES string of the molecule is Cc1ccc(C(=O)N2CCCCC2(C)C(=O)O)n1C. The van der Waals surface area contributed by atoms with E-state index in [0.717, 1.165) is 18.5 Å². The first-order valence-corrected chi connectivity index (χ1v) is 6.55. The number of hydrogen-bond acceptors (Lipinski definition) is 2. The Morgan fingerprint density at radius 3 is 2.53 bits per heavy atom. The molecular weight excluding hydrogens is 244 g/mol. The first-order valence-electron chi connectivity index (χ1n) is 6.55. The molecule has 0 bridgehead atoms. The molecule has 2 heterocycles. The first kappa shape index (κ1) is 13.6. The molecule has 0 aromatic carbocycles. The fraction of sp³-hybridized carbons (Fsp3) is 0.571. The van der Waals surface area contributed by atoms with Crippen LogP contribution in [0.5, 0.6) is 0 Å². The molecule has 1 amide bonds. The molecule has 1 fully saturated rings. The summed E-state index contributed by atoms with van der Waals surface area (Å²) in [5.74, 6) is -1.12. The van der Waals surface area contributed by atoms with Crippen molar-refractivity contribution in [3.63, 3.8) is 0 Å². The predicted molar refractivity (Wildman–Crippen MR) is 71.1 cm³/mol. The van der Waals surface area contributed by atoms with E-state index >= 15 is 0 Å².